The highest BCUT2D eigenvalue weighted by molar-refractivity contribution is 5.71. The summed E-state index contributed by atoms with van der Waals surface area (Å²) in [6.45, 7) is 6.35. The zero-order valence-electron chi connectivity index (χ0n) is 7.42. The van der Waals surface area contributed by atoms with Gasteiger partial charge in [-0.15, -0.1) is 0 Å². The fraction of sp³-hybridized carbons (Fsp3) is 0.889. The highest BCUT2D eigenvalue weighted by Gasteiger charge is 2.43. The molecule has 1 N–H and O–H groups in total. The molecule has 0 aromatic heterocycles. The molecule has 0 aromatic carbocycles. The number of carboxylic acid groups (broad SMARTS) is 1. The molecule has 0 amide bonds. The van der Waals surface area contributed by atoms with Crippen molar-refractivity contribution in [2.75, 3.05) is 0 Å². The summed E-state index contributed by atoms with van der Waals surface area (Å²) in [7, 11) is 0. The fourth-order valence-electron chi connectivity index (χ4n) is 1.83. The summed E-state index contributed by atoms with van der Waals surface area (Å²) in [6.07, 6.45) is 1.96. The summed E-state index contributed by atoms with van der Waals surface area (Å²) in [5, 5.41) is 8.77. The molecule has 2 atom stereocenters. The van der Waals surface area contributed by atoms with Crippen LogP contribution in [0.4, 0.5) is 0 Å². The van der Waals surface area contributed by atoms with Gasteiger partial charge in [0.1, 0.15) is 0 Å². The molecule has 1 aliphatic carbocycles. The molecule has 2 nitrogen and oxygen atoms in total. The summed E-state index contributed by atoms with van der Waals surface area (Å²) >= 11 is 0. The van der Waals surface area contributed by atoms with E-state index in [2.05, 4.69) is 20.8 Å². The van der Waals surface area contributed by atoms with Crippen LogP contribution < -0.4 is 0 Å². The van der Waals surface area contributed by atoms with E-state index in [9.17, 15) is 4.79 Å². The molecule has 11 heavy (non-hydrogen) atoms. The number of hydrogen-bond acceptors (Lipinski definition) is 1. The summed E-state index contributed by atoms with van der Waals surface area (Å²) < 4.78 is 0. The molecule has 0 radical (unpaired) electrons. The Morgan fingerprint density at radius 1 is 1.36 bits per heavy atom. The van der Waals surface area contributed by atoms with E-state index in [1.807, 2.05) is 0 Å². The van der Waals surface area contributed by atoms with Gasteiger partial charge in [0, 0.05) is 0 Å². The van der Waals surface area contributed by atoms with Crippen LogP contribution in [0.25, 0.3) is 0 Å². The van der Waals surface area contributed by atoms with Crippen molar-refractivity contribution in [3.05, 3.63) is 0 Å². The zero-order chi connectivity index (χ0) is 8.65. The SMILES string of the molecule is CC(C)(C)[C@@H]1CC[C@H]1C(=O)O. The lowest BCUT2D eigenvalue weighted by Crippen LogP contribution is -2.40. The van der Waals surface area contributed by atoms with Gasteiger partial charge in [-0.3, -0.25) is 4.79 Å². The van der Waals surface area contributed by atoms with Crippen LogP contribution in [-0.4, -0.2) is 11.1 Å². The predicted octanol–water partition coefficient (Wildman–Crippen LogP) is 2.14. The van der Waals surface area contributed by atoms with Crippen molar-refractivity contribution < 1.29 is 9.90 Å². The van der Waals surface area contributed by atoms with E-state index in [1.54, 1.807) is 0 Å². The molecule has 1 rings (SSSR count). The fourth-order valence-corrected chi connectivity index (χ4v) is 1.83. The molecule has 1 aliphatic rings. The molecular formula is C9H16O2. The summed E-state index contributed by atoms with van der Waals surface area (Å²) in [6, 6.07) is 0. The molecule has 0 bridgehead atoms. The Hall–Kier alpha value is -0.530. The smallest absolute Gasteiger partial charge is 0.306 e. The molecular weight excluding hydrogens is 140 g/mol. The van der Waals surface area contributed by atoms with Crippen molar-refractivity contribution in [2.45, 2.75) is 33.6 Å². The van der Waals surface area contributed by atoms with Gasteiger partial charge in [-0.2, -0.15) is 0 Å². The van der Waals surface area contributed by atoms with Crippen molar-refractivity contribution in [1.29, 1.82) is 0 Å². The molecule has 1 fully saturated rings. The number of carboxylic acids is 1. The van der Waals surface area contributed by atoms with Crippen LogP contribution in [0, 0.1) is 17.3 Å². The summed E-state index contributed by atoms with van der Waals surface area (Å²) in [5.41, 5.74) is 0.168. The standard InChI is InChI=1S/C9H16O2/c1-9(2,3)7-5-4-6(7)8(10)11/h6-7H,4-5H2,1-3H3,(H,10,11)/t6-,7-/m1/s1. The molecule has 2 heteroatoms. The van der Waals surface area contributed by atoms with E-state index in [-0.39, 0.29) is 11.3 Å². The van der Waals surface area contributed by atoms with Gasteiger partial charge in [-0.25, -0.2) is 0 Å². The van der Waals surface area contributed by atoms with Crippen molar-refractivity contribution in [2.24, 2.45) is 17.3 Å². The van der Waals surface area contributed by atoms with Crippen LogP contribution in [0.5, 0.6) is 0 Å². The molecule has 64 valence electrons. The summed E-state index contributed by atoms with van der Waals surface area (Å²) in [5.74, 6) is -0.300. The van der Waals surface area contributed by atoms with Gasteiger partial charge >= 0.3 is 5.97 Å². The summed E-state index contributed by atoms with van der Waals surface area (Å²) in [4.78, 5) is 10.6. The molecule has 1 saturated carbocycles. The highest BCUT2D eigenvalue weighted by Crippen LogP contribution is 2.45. The number of aliphatic carboxylic acids is 1. The molecule has 0 heterocycles. The average molecular weight is 156 g/mol. The maximum Gasteiger partial charge on any atom is 0.306 e. The van der Waals surface area contributed by atoms with Crippen molar-refractivity contribution in [1.82, 2.24) is 0 Å². The van der Waals surface area contributed by atoms with E-state index in [0.717, 1.165) is 12.8 Å². The van der Waals surface area contributed by atoms with Crippen molar-refractivity contribution >= 4 is 5.97 Å². The Bertz CT molecular complexity index is 167. The molecule has 0 spiro atoms. The number of carbonyl (C=O) groups is 1. The van der Waals surface area contributed by atoms with Gasteiger partial charge in [0.05, 0.1) is 5.92 Å². The third kappa shape index (κ3) is 1.55. The molecule has 0 unspecified atom stereocenters. The monoisotopic (exact) mass is 156 g/mol. The first-order valence-electron chi connectivity index (χ1n) is 4.15. The maximum atomic E-state index is 10.6. The molecule has 0 aromatic rings. The molecule has 0 aliphatic heterocycles. The van der Waals surface area contributed by atoms with Crippen LogP contribution in [0.15, 0.2) is 0 Å². The van der Waals surface area contributed by atoms with E-state index >= 15 is 0 Å². The largest absolute Gasteiger partial charge is 0.481 e. The van der Waals surface area contributed by atoms with Crippen LogP contribution in [-0.2, 0) is 4.79 Å². The third-order valence-electron chi connectivity index (χ3n) is 2.70. The van der Waals surface area contributed by atoms with Crippen LogP contribution in [0.1, 0.15) is 33.6 Å². The van der Waals surface area contributed by atoms with Gasteiger partial charge < -0.3 is 5.11 Å². The van der Waals surface area contributed by atoms with E-state index in [1.165, 1.54) is 0 Å². The van der Waals surface area contributed by atoms with Gasteiger partial charge in [0.15, 0.2) is 0 Å². The first-order chi connectivity index (χ1) is 4.93. The van der Waals surface area contributed by atoms with E-state index in [4.69, 9.17) is 5.11 Å². The lowest BCUT2D eigenvalue weighted by atomic mass is 9.61. The third-order valence-corrected chi connectivity index (χ3v) is 2.70. The molecule has 0 saturated heterocycles. The second kappa shape index (κ2) is 2.50. The van der Waals surface area contributed by atoms with Gasteiger partial charge in [0.25, 0.3) is 0 Å². The lowest BCUT2D eigenvalue weighted by molar-refractivity contribution is -0.151. The second-order valence-electron chi connectivity index (χ2n) is 4.49. The first kappa shape index (κ1) is 8.57. The zero-order valence-corrected chi connectivity index (χ0v) is 7.42. The minimum absolute atomic E-state index is 0.0741. The Morgan fingerprint density at radius 3 is 2.00 bits per heavy atom. The number of rotatable bonds is 1. The Morgan fingerprint density at radius 2 is 1.91 bits per heavy atom. The minimum atomic E-state index is -0.615. The Kier molecular flexibility index (Phi) is 1.95. The quantitative estimate of drug-likeness (QED) is 0.631. The van der Waals surface area contributed by atoms with Gasteiger partial charge in [-0.1, -0.05) is 20.8 Å². The van der Waals surface area contributed by atoms with E-state index < -0.39 is 5.97 Å². The van der Waals surface area contributed by atoms with E-state index in [0.29, 0.717) is 5.92 Å². The second-order valence-corrected chi connectivity index (χ2v) is 4.49. The Labute approximate surface area is 67.6 Å². The topological polar surface area (TPSA) is 37.3 Å². The minimum Gasteiger partial charge on any atom is -0.481 e. The first-order valence-corrected chi connectivity index (χ1v) is 4.15. The van der Waals surface area contributed by atoms with Gasteiger partial charge in [0.2, 0.25) is 0 Å². The number of hydrogen-bond donors (Lipinski definition) is 1. The van der Waals surface area contributed by atoms with Crippen LogP contribution >= 0.6 is 0 Å². The highest BCUT2D eigenvalue weighted by atomic mass is 16.4. The van der Waals surface area contributed by atoms with Crippen molar-refractivity contribution in [3.63, 3.8) is 0 Å². The normalized spacial score (nSPS) is 31.2. The Balaban J connectivity index is 2.57. The van der Waals surface area contributed by atoms with Crippen LogP contribution in [0.3, 0.4) is 0 Å². The lowest BCUT2D eigenvalue weighted by Gasteiger charge is -2.42. The maximum absolute atomic E-state index is 10.6. The van der Waals surface area contributed by atoms with Gasteiger partial charge in [-0.05, 0) is 24.2 Å². The van der Waals surface area contributed by atoms with Crippen molar-refractivity contribution in [3.8, 4) is 0 Å². The predicted molar refractivity (Wildman–Crippen MR) is 43.3 cm³/mol. The average Bonchev–Trinajstić information content (AvgIpc) is 1.51. The van der Waals surface area contributed by atoms with Crippen LogP contribution in [0.2, 0.25) is 0 Å².